The quantitative estimate of drug-likeness (QED) is 0.760. The molecule has 1 aromatic rings. The minimum absolute atomic E-state index is 0.0754. The number of amides is 1. The average molecular weight is 375 g/mol. The minimum atomic E-state index is 0.0754. The van der Waals surface area contributed by atoms with Crippen LogP contribution >= 0.6 is 0 Å². The van der Waals surface area contributed by atoms with E-state index < -0.39 is 0 Å². The number of ether oxygens (including phenoxy) is 1. The van der Waals surface area contributed by atoms with Gasteiger partial charge in [-0.2, -0.15) is 0 Å². The van der Waals surface area contributed by atoms with Gasteiger partial charge >= 0.3 is 0 Å². The molecule has 150 valence electrons. The van der Waals surface area contributed by atoms with Crippen molar-refractivity contribution in [1.82, 2.24) is 9.80 Å². The average Bonchev–Trinajstić information content (AvgIpc) is 3.23. The van der Waals surface area contributed by atoms with Crippen LogP contribution in [0.25, 0.3) is 0 Å². The van der Waals surface area contributed by atoms with Crippen molar-refractivity contribution in [2.24, 2.45) is 5.41 Å². The number of aliphatic hydroxyl groups is 1. The van der Waals surface area contributed by atoms with E-state index in [1.165, 1.54) is 5.56 Å². The maximum Gasteiger partial charge on any atom is 0.260 e. The molecule has 2 fully saturated rings. The predicted molar refractivity (Wildman–Crippen MR) is 107 cm³/mol. The number of piperidine rings is 1. The number of rotatable bonds is 8. The zero-order chi connectivity index (χ0) is 19.1. The van der Waals surface area contributed by atoms with Crippen LogP contribution in [0.3, 0.4) is 0 Å². The minimum Gasteiger partial charge on any atom is -0.484 e. The number of nitrogens with zero attached hydrogens (tertiary/aromatic N) is 2. The largest absolute Gasteiger partial charge is 0.484 e. The van der Waals surface area contributed by atoms with Gasteiger partial charge in [0.25, 0.3) is 5.91 Å². The van der Waals surface area contributed by atoms with Crippen molar-refractivity contribution in [3.8, 4) is 5.75 Å². The fourth-order valence-electron chi connectivity index (χ4n) is 4.54. The number of carbonyl (C=O) groups is 1. The van der Waals surface area contributed by atoms with Crippen molar-refractivity contribution in [2.75, 3.05) is 39.4 Å². The Labute approximate surface area is 163 Å². The molecule has 1 N–H and O–H groups in total. The molecular weight excluding hydrogens is 340 g/mol. The van der Waals surface area contributed by atoms with Gasteiger partial charge in [-0.15, -0.1) is 0 Å². The highest BCUT2D eigenvalue weighted by atomic mass is 16.5. The fourth-order valence-corrected chi connectivity index (χ4v) is 4.54. The van der Waals surface area contributed by atoms with Gasteiger partial charge in [0.1, 0.15) is 5.75 Å². The summed E-state index contributed by atoms with van der Waals surface area (Å²) in [5, 5.41) is 9.90. The molecule has 3 rings (SSSR count). The van der Waals surface area contributed by atoms with Gasteiger partial charge in [0, 0.05) is 38.2 Å². The van der Waals surface area contributed by atoms with E-state index in [0.29, 0.717) is 0 Å². The summed E-state index contributed by atoms with van der Waals surface area (Å²) in [5.74, 6) is 0.835. The van der Waals surface area contributed by atoms with Crippen LogP contribution in [0.5, 0.6) is 5.75 Å². The molecule has 2 aliphatic rings. The van der Waals surface area contributed by atoms with Crippen LogP contribution < -0.4 is 4.74 Å². The van der Waals surface area contributed by atoms with Gasteiger partial charge in [-0.05, 0) is 56.3 Å². The first-order valence-corrected chi connectivity index (χ1v) is 10.5. The van der Waals surface area contributed by atoms with Gasteiger partial charge in [-0.3, -0.25) is 9.69 Å². The Morgan fingerprint density at radius 3 is 2.56 bits per heavy atom. The van der Waals surface area contributed by atoms with Gasteiger partial charge < -0.3 is 14.7 Å². The Balaban J connectivity index is 1.49. The van der Waals surface area contributed by atoms with Gasteiger partial charge in [0.15, 0.2) is 6.61 Å². The third-order valence-electron chi connectivity index (χ3n) is 6.01. The number of benzene rings is 1. The Hall–Kier alpha value is -1.59. The number of likely N-dealkylation sites (tertiary alicyclic amines) is 2. The van der Waals surface area contributed by atoms with Crippen LogP contribution in [0.4, 0.5) is 0 Å². The normalized spacial score (nSPS) is 23.6. The smallest absolute Gasteiger partial charge is 0.260 e. The molecule has 27 heavy (non-hydrogen) atoms. The van der Waals surface area contributed by atoms with Gasteiger partial charge in [-0.25, -0.2) is 0 Å². The van der Waals surface area contributed by atoms with Crippen molar-refractivity contribution < 1.29 is 14.6 Å². The zero-order valence-corrected chi connectivity index (χ0v) is 16.7. The summed E-state index contributed by atoms with van der Waals surface area (Å²) in [4.78, 5) is 16.4. The molecule has 2 aliphatic heterocycles. The number of aliphatic hydroxyl groups excluding tert-OH is 1. The van der Waals surface area contributed by atoms with Gasteiger partial charge in [0.05, 0.1) is 0 Å². The molecule has 0 spiro atoms. The molecule has 0 aliphatic carbocycles. The van der Waals surface area contributed by atoms with E-state index >= 15 is 0 Å². The van der Waals surface area contributed by atoms with Crippen LogP contribution in [0.15, 0.2) is 24.3 Å². The first-order valence-electron chi connectivity index (χ1n) is 10.5. The van der Waals surface area contributed by atoms with E-state index in [1.807, 2.05) is 17.0 Å². The van der Waals surface area contributed by atoms with Crippen molar-refractivity contribution in [1.29, 1.82) is 0 Å². The van der Waals surface area contributed by atoms with Gasteiger partial charge in [0.2, 0.25) is 0 Å². The fraction of sp³-hybridized carbons (Fsp3) is 0.682. The second kappa shape index (κ2) is 9.56. The lowest BCUT2D eigenvalue weighted by Crippen LogP contribution is -2.44. The van der Waals surface area contributed by atoms with Crippen molar-refractivity contribution in [3.63, 3.8) is 0 Å². The Morgan fingerprint density at radius 1 is 1.15 bits per heavy atom. The van der Waals surface area contributed by atoms with Crippen molar-refractivity contribution >= 4 is 5.91 Å². The molecule has 1 aromatic carbocycles. The molecule has 0 unspecified atom stereocenters. The third kappa shape index (κ3) is 5.45. The monoisotopic (exact) mass is 374 g/mol. The van der Waals surface area contributed by atoms with Crippen LogP contribution in [0, 0.1) is 5.41 Å². The topological polar surface area (TPSA) is 53.0 Å². The summed E-state index contributed by atoms with van der Waals surface area (Å²) in [6.07, 6.45) is 6.71. The lowest BCUT2D eigenvalue weighted by Gasteiger charge is -2.42. The van der Waals surface area contributed by atoms with E-state index in [-0.39, 0.29) is 24.5 Å². The zero-order valence-electron chi connectivity index (χ0n) is 16.7. The molecule has 0 radical (unpaired) electrons. The van der Waals surface area contributed by atoms with Crippen molar-refractivity contribution in [3.05, 3.63) is 29.8 Å². The summed E-state index contributed by atoms with van der Waals surface area (Å²) in [5.41, 5.74) is 1.32. The second-order valence-electron chi connectivity index (χ2n) is 8.24. The number of hydrogen-bond donors (Lipinski definition) is 1. The van der Waals surface area contributed by atoms with Gasteiger partial charge in [-0.1, -0.05) is 25.5 Å². The molecular formula is C22H34N2O3. The molecule has 2 heterocycles. The SMILES string of the molecule is CCC[C@]1(CO)CCCN(Cc2ccc(OCC(=O)N3CCCC3)cc2)C1. The molecule has 0 bridgehead atoms. The molecule has 0 aromatic heterocycles. The highest BCUT2D eigenvalue weighted by molar-refractivity contribution is 5.78. The maximum absolute atomic E-state index is 12.1. The predicted octanol–water partition coefficient (Wildman–Crippen LogP) is 3.06. The van der Waals surface area contributed by atoms with E-state index in [9.17, 15) is 9.90 Å². The highest BCUT2D eigenvalue weighted by Gasteiger charge is 2.33. The van der Waals surface area contributed by atoms with Crippen LogP contribution in [0.1, 0.15) is 51.0 Å². The summed E-state index contributed by atoms with van der Waals surface area (Å²) in [6.45, 7) is 7.31. The first-order chi connectivity index (χ1) is 13.1. The third-order valence-corrected chi connectivity index (χ3v) is 6.01. The number of carbonyl (C=O) groups excluding carboxylic acids is 1. The van der Waals surface area contributed by atoms with Crippen LogP contribution in [0.2, 0.25) is 0 Å². The Bertz CT molecular complexity index is 594. The molecule has 5 heteroatoms. The summed E-state index contributed by atoms with van der Waals surface area (Å²) < 4.78 is 5.67. The Morgan fingerprint density at radius 2 is 1.89 bits per heavy atom. The standard InChI is InChI=1S/C22H34N2O3/c1-2-10-22(18-25)11-5-12-23(17-22)15-19-6-8-20(9-7-19)27-16-21(26)24-13-3-4-14-24/h6-9,25H,2-5,10-18H2,1H3/t22-/m0/s1. The molecule has 2 saturated heterocycles. The first kappa shape index (κ1) is 20.2. The second-order valence-corrected chi connectivity index (χ2v) is 8.24. The van der Waals surface area contributed by atoms with E-state index in [0.717, 1.165) is 77.0 Å². The summed E-state index contributed by atoms with van der Waals surface area (Å²) in [7, 11) is 0. The van der Waals surface area contributed by atoms with Crippen molar-refractivity contribution in [2.45, 2.75) is 52.0 Å². The molecule has 5 nitrogen and oxygen atoms in total. The highest BCUT2D eigenvalue weighted by Crippen LogP contribution is 2.34. The van der Waals surface area contributed by atoms with E-state index in [1.54, 1.807) is 0 Å². The lowest BCUT2D eigenvalue weighted by atomic mass is 9.77. The maximum atomic E-state index is 12.1. The summed E-state index contributed by atoms with van der Waals surface area (Å²) in [6, 6.07) is 8.10. The van der Waals surface area contributed by atoms with Crippen LogP contribution in [-0.4, -0.2) is 60.2 Å². The molecule has 1 amide bonds. The molecule has 1 atom stereocenters. The Kier molecular flexibility index (Phi) is 7.13. The van der Waals surface area contributed by atoms with E-state index in [4.69, 9.17) is 4.74 Å². The molecule has 0 saturated carbocycles. The van der Waals surface area contributed by atoms with Crippen LogP contribution in [-0.2, 0) is 11.3 Å². The number of hydrogen-bond acceptors (Lipinski definition) is 4. The van der Waals surface area contributed by atoms with E-state index in [2.05, 4.69) is 24.0 Å². The lowest BCUT2D eigenvalue weighted by molar-refractivity contribution is -0.132. The summed E-state index contributed by atoms with van der Waals surface area (Å²) >= 11 is 0.